The lowest BCUT2D eigenvalue weighted by Gasteiger charge is -2.22. The van der Waals surface area contributed by atoms with E-state index < -0.39 is 9.84 Å². The van der Waals surface area contributed by atoms with E-state index in [2.05, 4.69) is 10.3 Å². The number of thiazole rings is 1. The first-order valence-electron chi connectivity index (χ1n) is 6.53. The van der Waals surface area contributed by atoms with Crippen LogP contribution >= 0.6 is 11.3 Å². The van der Waals surface area contributed by atoms with E-state index in [1.807, 2.05) is 0 Å². The maximum absolute atomic E-state index is 12.1. The molecule has 0 aromatic carbocycles. The van der Waals surface area contributed by atoms with E-state index in [1.54, 1.807) is 24.0 Å². The number of hydrogen-bond donors (Lipinski definition) is 1. The molecule has 0 saturated carbocycles. The Bertz CT molecular complexity index is 734. The molecule has 2 aromatic heterocycles. The van der Waals surface area contributed by atoms with Gasteiger partial charge in [0.15, 0.2) is 9.84 Å². The van der Waals surface area contributed by atoms with Gasteiger partial charge in [0.2, 0.25) is 0 Å². The predicted molar refractivity (Wildman–Crippen MR) is 79.0 cm³/mol. The second-order valence-electron chi connectivity index (χ2n) is 4.98. The number of rotatable bonds is 3. The molecular formula is C13H14N2O4S2. The number of furan rings is 1. The van der Waals surface area contributed by atoms with Gasteiger partial charge in [-0.1, -0.05) is 0 Å². The lowest BCUT2D eigenvalue weighted by atomic mass is 10.2. The van der Waals surface area contributed by atoms with Gasteiger partial charge in [0.05, 0.1) is 17.8 Å². The third-order valence-electron chi connectivity index (χ3n) is 3.30. The van der Waals surface area contributed by atoms with Crippen molar-refractivity contribution in [3.8, 4) is 10.6 Å². The van der Waals surface area contributed by atoms with E-state index in [9.17, 15) is 13.2 Å². The number of carbonyl (C=O) groups excluding carboxylic acids is 1. The summed E-state index contributed by atoms with van der Waals surface area (Å²) in [4.78, 5) is 16.4. The van der Waals surface area contributed by atoms with Crippen LogP contribution in [0.4, 0.5) is 0 Å². The summed E-state index contributed by atoms with van der Waals surface area (Å²) in [6, 6.07) is 1.45. The molecule has 21 heavy (non-hydrogen) atoms. The number of nitrogens with zero attached hydrogens (tertiary/aromatic N) is 1. The average molecular weight is 326 g/mol. The summed E-state index contributed by atoms with van der Waals surface area (Å²) < 4.78 is 28.1. The summed E-state index contributed by atoms with van der Waals surface area (Å²) in [7, 11) is -3.03. The quantitative estimate of drug-likeness (QED) is 0.927. The molecule has 1 saturated heterocycles. The van der Waals surface area contributed by atoms with Crippen LogP contribution in [-0.2, 0) is 9.84 Å². The number of sulfone groups is 1. The topological polar surface area (TPSA) is 89.3 Å². The van der Waals surface area contributed by atoms with Crippen LogP contribution in [0, 0.1) is 0 Å². The molecule has 0 radical (unpaired) electrons. The molecule has 2 aromatic rings. The molecule has 1 atom stereocenters. The lowest BCUT2D eigenvalue weighted by molar-refractivity contribution is 0.0934. The van der Waals surface area contributed by atoms with Crippen LogP contribution in [0.25, 0.3) is 10.6 Å². The van der Waals surface area contributed by atoms with Gasteiger partial charge in [-0.3, -0.25) is 4.79 Å². The minimum Gasteiger partial charge on any atom is -0.472 e. The van der Waals surface area contributed by atoms with Crippen LogP contribution in [0.15, 0.2) is 28.4 Å². The Morgan fingerprint density at radius 1 is 1.48 bits per heavy atom. The molecule has 1 aliphatic heterocycles. The van der Waals surface area contributed by atoms with Gasteiger partial charge < -0.3 is 9.73 Å². The van der Waals surface area contributed by atoms with Gasteiger partial charge in [-0.2, -0.15) is 0 Å². The lowest BCUT2D eigenvalue weighted by Crippen LogP contribution is -2.43. The maximum atomic E-state index is 12.1. The Balaban J connectivity index is 1.68. The number of aromatic nitrogens is 1. The highest BCUT2D eigenvalue weighted by Crippen LogP contribution is 2.24. The van der Waals surface area contributed by atoms with E-state index >= 15 is 0 Å². The van der Waals surface area contributed by atoms with E-state index in [0.29, 0.717) is 23.5 Å². The molecule has 0 unspecified atom stereocenters. The fourth-order valence-corrected chi connectivity index (χ4v) is 4.72. The summed E-state index contributed by atoms with van der Waals surface area (Å²) in [5.41, 5.74) is 1.12. The van der Waals surface area contributed by atoms with Crippen molar-refractivity contribution >= 4 is 27.1 Å². The van der Waals surface area contributed by atoms with Crippen molar-refractivity contribution in [2.75, 3.05) is 11.5 Å². The van der Waals surface area contributed by atoms with Gasteiger partial charge in [0.25, 0.3) is 5.91 Å². The molecule has 0 spiro atoms. The normalized spacial score (nSPS) is 21.0. The zero-order valence-corrected chi connectivity index (χ0v) is 12.7. The monoisotopic (exact) mass is 326 g/mol. The molecule has 0 aliphatic carbocycles. The van der Waals surface area contributed by atoms with Gasteiger partial charge >= 0.3 is 0 Å². The molecular weight excluding hydrogens is 312 g/mol. The molecule has 1 fully saturated rings. The third-order valence-corrected chi connectivity index (χ3v) is 6.02. The molecule has 3 heterocycles. The summed E-state index contributed by atoms with van der Waals surface area (Å²) in [5, 5.41) is 5.11. The zero-order valence-electron chi connectivity index (χ0n) is 11.1. The first-order valence-corrected chi connectivity index (χ1v) is 9.23. The fourth-order valence-electron chi connectivity index (χ4n) is 2.29. The van der Waals surface area contributed by atoms with E-state index in [0.717, 1.165) is 5.56 Å². The van der Waals surface area contributed by atoms with Crippen LogP contribution < -0.4 is 5.32 Å². The average Bonchev–Trinajstić information content (AvgIpc) is 3.09. The Kier molecular flexibility index (Phi) is 3.81. The van der Waals surface area contributed by atoms with Gasteiger partial charge in [0, 0.05) is 17.0 Å². The highest BCUT2D eigenvalue weighted by atomic mass is 32.2. The highest BCUT2D eigenvalue weighted by Gasteiger charge is 2.26. The maximum Gasteiger partial charge on any atom is 0.271 e. The molecule has 1 amide bonds. The summed E-state index contributed by atoms with van der Waals surface area (Å²) >= 11 is 1.35. The van der Waals surface area contributed by atoms with E-state index in [-0.39, 0.29) is 23.5 Å². The second-order valence-corrected chi connectivity index (χ2v) is 8.06. The number of amides is 1. The van der Waals surface area contributed by atoms with Crippen LogP contribution in [0.1, 0.15) is 23.3 Å². The van der Waals surface area contributed by atoms with Gasteiger partial charge in [-0.25, -0.2) is 13.4 Å². The SMILES string of the molecule is O=C(N[C@H]1CCCS(=O)(=O)C1)c1csc(-c2ccoc2)n1. The smallest absolute Gasteiger partial charge is 0.271 e. The van der Waals surface area contributed by atoms with Gasteiger partial charge in [-0.15, -0.1) is 11.3 Å². The molecule has 6 nitrogen and oxygen atoms in total. The molecule has 3 rings (SSSR count). The van der Waals surface area contributed by atoms with Gasteiger partial charge in [-0.05, 0) is 18.9 Å². The first-order chi connectivity index (χ1) is 10.0. The zero-order chi connectivity index (χ0) is 14.9. The Morgan fingerprint density at radius 2 is 2.33 bits per heavy atom. The predicted octanol–water partition coefficient (Wildman–Crippen LogP) is 1.71. The van der Waals surface area contributed by atoms with Crippen molar-refractivity contribution in [1.29, 1.82) is 0 Å². The molecule has 0 bridgehead atoms. The number of carbonyl (C=O) groups is 1. The number of hydrogen-bond acceptors (Lipinski definition) is 6. The van der Waals surface area contributed by atoms with Crippen LogP contribution in [0.2, 0.25) is 0 Å². The minimum atomic E-state index is -3.03. The van der Waals surface area contributed by atoms with Crippen molar-refractivity contribution in [3.63, 3.8) is 0 Å². The second kappa shape index (κ2) is 5.61. The third kappa shape index (κ3) is 3.33. The Hall–Kier alpha value is -1.67. The molecule has 112 valence electrons. The van der Waals surface area contributed by atoms with Crippen molar-refractivity contribution in [1.82, 2.24) is 10.3 Å². The van der Waals surface area contributed by atoms with Crippen molar-refractivity contribution in [3.05, 3.63) is 29.7 Å². The van der Waals surface area contributed by atoms with E-state index in [4.69, 9.17) is 4.42 Å². The summed E-state index contributed by atoms with van der Waals surface area (Å²) in [6.07, 6.45) is 4.38. The van der Waals surface area contributed by atoms with Gasteiger partial charge in [0.1, 0.15) is 17.0 Å². The molecule has 1 N–H and O–H groups in total. The number of nitrogens with one attached hydrogen (secondary N) is 1. The summed E-state index contributed by atoms with van der Waals surface area (Å²) in [5.74, 6) is -0.110. The first kappa shape index (κ1) is 14.3. The Morgan fingerprint density at radius 3 is 3.05 bits per heavy atom. The Labute approximate surface area is 126 Å². The van der Waals surface area contributed by atoms with E-state index in [1.165, 1.54) is 11.3 Å². The molecule has 1 aliphatic rings. The van der Waals surface area contributed by atoms with Crippen molar-refractivity contribution in [2.24, 2.45) is 0 Å². The van der Waals surface area contributed by atoms with Crippen LogP contribution in [-0.4, -0.2) is 36.9 Å². The van der Waals surface area contributed by atoms with Crippen LogP contribution in [0.5, 0.6) is 0 Å². The van der Waals surface area contributed by atoms with Crippen LogP contribution in [0.3, 0.4) is 0 Å². The fraction of sp³-hybridized carbons (Fsp3) is 0.385. The standard InChI is InChI=1S/C13H14N2O4S2/c16-12(14-10-2-1-5-21(17,18)8-10)11-7-20-13(15-11)9-3-4-19-6-9/h3-4,6-7,10H,1-2,5,8H2,(H,14,16)/t10-/m0/s1. The highest BCUT2D eigenvalue weighted by molar-refractivity contribution is 7.91. The largest absolute Gasteiger partial charge is 0.472 e. The molecule has 8 heteroatoms. The minimum absolute atomic E-state index is 0.0114. The summed E-state index contributed by atoms with van der Waals surface area (Å²) in [6.45, 7) is 0. The van der Waals surface area contributed by atoms with Crippen molar-refractivity contribution in [2.45, 2.75) is 18.9 Å². The van der Waals surface area contributed by atoms with Crippen molar-refractivity contribution < 1.29 is 17.6 Å².